The molecule has 2 aliphatic rings. The van der Waals surface area contributed by atoms with Crippen molar-refractivity contribution >= 4 is 21.7 Å². The molecule has 0 radical (unpaired) electrons. The third-order valence-corrected chi connectivity index (χ3v) is 5.40. The maximum atomic E-state index is 6.05. The molecule has 0 saturated heterocycles. The van der Waals surface area contributed by atoms with Crippen molar-refractivity contribution in [2.24, 2.45) is 5.41 Å². The zero-order valence-electron chi connectivity index (χ0n) is 11.7. The maximum absolute atomic E-state index is 6.05. The normalized spacial score (nSPS) is 23.5. The summed E-state index contributed by atoms with van der Waals surface area (Å²) in [4.78, 5) is 9.36. The minimum absolute atomic E-state index is 0.483. The van der Waals surface area contributed by atoms with Gasteiger partial charge in [-0.25, -0.2) is 9.97 Å². The van der Waals surface area contributed by atoms with Crippen LogP contribution in [0.3, 0.4) is 0 Å². The van der Waals surface area contributed by atoms with Crippen LogP contribution in [-0.4, -0.2) is 9.97 Å². The standard InChI is InChI=1S/C15H22BrN3/c1-15(2)7-5-10(6-8-15)14-18-12(9-3-4-9)11(16)13(17)19-14/h9-10H,3-8H2,1-2H3,(H2,17,18,19). The number of nitrogens with two attached hydrogens (primary N) is 1. The minimum Gasteiger partial charge on any atom is -0.383 e. The number of hydrogen-bond donors (Lipinski definition) is 1. The molecule has 19 heavy (non-hydrogen) atoms. The molecule has 2 saturated carbocycles. The van der Waals surface area contributed by atoms with E-state index in [1.165, 1.54) is 38.5 Å². The van der Waals surface area contributed by atoms with E-state index in [-0.39, 0.29) is 0 Å². The van der Waals surface area contributed by atoms with Crippen LogP contribution >= 0.6 is 15.9 Å². The van der Waals surface area contributed by atoms with Gasteiger partial charge in [0, 0.05) is 11.8 Å². The molecule has 0 aliphatic heterocycles. The van der Waals surface area contributed by atoms with Crippen molar-refractivity contribution in [1.82, 2.24) is 9.97 Å². The molecular weight excluding hydrogens is 302 g/mol. The van der Waals surface area contributed by atoms with Crippen molar-refractivity contribution in [2.45, 2.75) is 64.2 Å². The lowest BCUT2D eigenvalue weighted by Gasteiger charge is -2.33. The Morgan fingerprint density at radius 3 is 2.26 bits per heavy atom. The van der Waals surface area contributed by atoms with Crippen LogP contribution in [0.25, 0.3) is 0 Å². The van der Waals surface area contributed by atoms with Crippen LogP contribution < -0.4 is 5.73 Å². The Labute approximate surface area is 123 Å². The summed E-state index contributed by atoms with van der Waals surface area (Å²) in [6.07, 6.45) is 7.39. The lowest BCUT2D eigenvalue weighted by molar-refractivity contribution is 0.220. The number of nitrogen functional groups attached to an aromatic ring is 1. The van der Waals surface area contributed by atoms with Gasteiger partial charge < -0.3 is 5.73 Å². The second kappa shape index (κ2) is 4.72. The van der Waals surface area contributed by atoms with Gasteiger partial charge in [0.15, 0.2) is 0 Å². The highest BCUT2D eigenvalue weighted by molar-refractivity contribution is 9.10. The van der Waals surface area contributed by atoms with Crippen LogP contribution in [0.4, 0.5) is 5.82 Å². The average molecular weight is 324 g/mol. The second-order valence-corrected chi connectivity index (χ2v) is 7.67. The SMILES string of the molecule is CC1(C)CCC(c2nc(N)c(Br)c(C3CC3)n2)CC1. The van der Waals surface area contributed by atoms with E-state index in [0.29, 0.717) is 23.1 Å². The summed E-state index contributed by atoms with van der Waals surface area (Å²) in [6, 6.07) is 0. The first-order chi connectivity index (χ1) is 8.96. The fourth-order valence-corrected chi connectivity index (χ4v) is 3.47. The summed E-state index contributed by atoms with van der Waals surface area (Å²) < 4.78 is 0.926. The molecule has 2 fully saturated rings. The molecule has 2 aliphatic carbocycles. The highest BCUT2D eigenvalue weighted by Crippen LogP contribution is 2.46. The van der Waals surface area contributed by atoms with Crippen LogP contribution in [-0.2, 0) is 0 Å². The summed E-state index contributed by atoms with van der Waals surface area (Å²) in [5, 5.41) is 0. The fourth-order valence-electron chi connectivity index (χ4n) is 2.97. The lowest BCUT2D eigenvalue weighted by atomic mass is 9.73. The van der Waals surface area contributed by atoms with Gasteiger partial charge in [0.05, 0.1) is 10.2 Å². The molecule has 4 heteroatoms. The molecule has 0 unspecified atom stereocenters. The molecular formula is C15H22BrN3. The first-order valence-corrected chi connectivity index (χ1v) is 8.08. The molecule has 0 atom stereocenters. The first kappa shape index (κ1) is 13.3. The van der Waals surface area contributed by atoms with Crippen molar-refractivity contribution in [1.29, 1.82) is 0 Å². The first-order valence-electron chi connectivity index (χ1n) is 7.29. The van der Waals surface area contributed by atoms with E-state index in [9.17, 15) is 0 Å². The molecule has 0 amide bonds. The number of hydrogen-bond acceptors (Lipinski definition) is 3. The number of rotatable bonds is 2. The van der Waals surface area contributed by atoms with E-state index in [2.05, 4.69) is 34.8 Å². The molecule has 1 aromatic heterocycles. The number of anilines is 1. The monoisotopic (exact) mass is 323 g/mol. The molecule has 1 heterocycles. The second-order valence-electron chi connectivity index (χ2n) is 6.88. The molecule has 0 aromatic carbocycles. The van der Waals surface area contributed by atoms with Gasteiger partial charge in [-0.3, -0.25) is 0 Å². The van der Waals surface area contributed by atoms with E-state index in [0.717, 1.165) is 16.0 Å². The third-order valence-electron chi connectivity index (χ3n) is 4.59. The topological polar surface area (TPSA) is 51.8 Å². The van der Waals surface area contributed by atoms with Gasteiger partial charge in [-0.05, 0) is 59.9 Å². The van der Waals surface area contributed by atoms with Crippen molar-refractivity contribution in [3.63, 3.8) is 0 Å². The lowest BCUT2D eigenvalue weighted by Crippen LogP contribution is -2.22. The Morgan fingerprint density at radius 1 is 1.05 bits per heavy atom. The van der Waals surface area contributed by atoms with Crippen LogP contribution in [0.2, 0.25) is 0 Å². The Balaban J connectivity index is 1.85. The number of halogens is 1. The van der Waals surface area contributed by atoms with Crippen LogP contribution in [0.1, 0.15) is 75.7 Å². The average Bonchev–Trinajstić information content (AvgIpc) is 3.17. The van der Waals surface area contributed by atoms with Crippen molar-refractivity contribution in [3.8, 4) is 0 Å². The van der Waals surface area contributed by atoms with Crippen LogP contribution in [0, 0.1) is 5.41 Å². The Bertz CT molecular complexity index is 484. The highest BCUT2D eigenvalue weighted by atomic mass is 79.9. The van der Waals surface area contributed by atoms with Gasteiger partial charge in [0.1, 0.15) is 11.6 Å². The Kier molecular flexibility index (Phi) is 3.32. The molecule has 0 bridgehead atoms. The molecule has 1 aromatic rings. The number of nitrogens with zero attached hydrogens (tertiary/aromatic N) is 2. The third kappa shape index (κ3) is 2.78. The predicted octanol–water partition coefficient (Wildman–Crippen LogP) is 4.38. The van der Waals surface area contributed by atoms with E-state index in [1.807, 2.05) is 0 Å². The molecule has 104 valence electrons. The Hall–Kier alpha value is -0.640. The van der Waals surface area contributed by atoms with Crippen LogP contribution in [0.5, 0.6) is 0 Å². The quantitative estimate of drug-likeness (QED) is 0.878. The molecule has 2 N–H and O–H groups in total. The molecule has 0 spiro atoms. The minimum atomic E-state index is 0.483. The zero-order valence-corrected chi connectivity index (χ0v) is 13.3. The van der Waals surface area contributed by atoms with E-state index in [1.54, 1.807) is 0 Å². The van der Waals surface area contributed by atoms with E-state index < -0.39 is 0 Å². The predicted molar refractivity (Wildman–Crippen MR) is 81.1 cm³/mol. The summed E-state index contributed by atoms with van der Waals surface area (Å²) in [5.41, 5.74) is 7.68. The van der Waals surface area contributed by atoms with Gasteiger partial charge in [0.2, 0.25) is 0 Å². The highest BCUT2D eigenvalue weighted by Gasteiger charge is 2.32. The van der Waals surface area contributed by atoms with Gasteiger partial charge in [-0.2, -0.15) is 0 Å². The summed E-state index contributed by atoms with van der Waals surface area (Å²) in [7, 11) is 0. The Morgan fingerprint density at radius 2 is 1.68 bits per heavy atom. The van der Waals surface area contributed by atoms with Crippen molar-refractivity contribution in [3.05, 3.63) is 16.0 Å². The zero-order chi connectivity index (χ0) is 13.6. The van der Waals surface area contributed by atoms with E-state index >= 15 is 0 Å². The largest absolute Gasteiger partial charge is 0.383 e. The summed E-state index contributed by atoms with van der Waals surface area (Å²) in [5.74, 6) is 2.72. The molecule has 3 rings (SSSR count). The smallest absolute Gasteiger partial charge is 0.141 e. The van der Waals surface area contributed by atoms with Crippen LogP contribution in [0.15, 0.2) is 4.47 Å². The molecule has 3 nitrogen and oxygen atoms in total. The van der Waals surface area contributed by atoms with Gasteiger partial charge in [-0.1, -0.05) is 13.8 Å². The fraction of sp³-hybridized carbons (Fsp3) is 0.733. The van der Waals surface area contributed by atoms with Crippen molar-refractivity contribution in [2.75, 3.05) is 5.73 Å². The van der Waals surface area contributed by atoms with E-state index in [4.69, 9.17) is 10.7 Å². The maximum Gasteiger partial charge on any atom is 0.141 e. The summed E-state index contributed by atoms with van der Waals surface area (Å²) in [6.45, 7) is 4.71. The van der Waals surface area contributed by atoms with Gasteiger partial charge >= 0.3 is 0 Å². The van der Waals surface area contributed by atoms with Crippen molar-refractivity contribution < 1.29 is 0 Å². The van der Waals surface area contributed by atoms with Gasteiger partial charge in [0.25, 0.3) is 0 Å². The van der Waals surface area contributed by atoms with Gasteiger partial charge in [-0.15, -0.1) is 0 Å². The number of aromatic nitrogens is 2. The summed E-state index contributed by atoms with van der Waals surface area (Å²) >= 11 is 3.55.